The highest BCUT2D eigenvalue weighted by Gasteiger charge is 2.28. The van der Waals surface area contributed by atoms with Crippen LogP contribution < -0.4 is 0 Å². The molecule has 2 heteroatoms. The van der Waals surface area contributed by atoms with E-state index in [1.165, 1.54) is 5.56 Å². The molecule has 0 amide bonds. The first-order chi connectivity index (χ1) is 9.38. The fourth-order valence-electron chi connectivity index (χ4n) is 2.70. The number of hydrogen-bond acceptors (Lipinski definition) is 2. The van der Waals surface area contributed by atoms with Crippen molar-refractivity contribution in [1.29, 1.82) is 0 Å². The summed E-state index contributed by atoms with van der Waals surface area (Å²) in [4.78, 5) is 0. The summed E-state index contributed by atoms with van der Waals surface area (Å²) in [7, 11) is 0. The Morgan fingerprint density at radius 3 is 2.05 bits per heavy atom. The van der Waals surface area contributed by atoms with Gasteiger partial charge >= 0.3 is 0 Å². The molecule has 2 rings (SSSR count). The Bertz CT molecular complexity index is 608. The molecule has 2 nitrogen and oxygen atoms in total. The minimum Gasteiger partial charge on any atom is -0.508 e. The lowest BCUT2D eigenvalue weighted by molar-refractivity contribution is 0.462. The van der Waals surface area contributed by atoms with Crippen LogP contribution in [0.5, 0.6) is 11.5 Å². The molecule has 0 radical (unpaired) electrons. The van der Waals surface area contributed by atoms with Gasteiger partial charge in [-0.1, -0.05) is 38.1 Å². The minimum absolute atomic E-state index is 0.179. The van der Waals surface area contributed by atoms with Crippen LogP contribution in [-0.4, -0.2) is 10.2 Å². The van der Waals surface area contributed by atoms with E-state index in [4.69, 9.17) is 0 Å². The molecule has 0 saturated heterocycles. The number of aromatic hydroxyl groups is 2. The van der Waals surface area contributed by atoms with Crippen LogP contribution in [0, 0.1) is 13.8 Å². The lowest BCUT2D eigenvalue weighted by atomic mass is 9.73. The fraction of sp³-hybridized carbons (Fsp3) is 0.333. The molecular weight excluding hydrogens is 248 g/mol. The molecule has 0 aliphatic rings. The number of rotatable bonds is 3. The normalized spacial score (nSPS) is 14.0. The summed E-state index contributed by atoms with van der Waals surface area (Å²) < 4.78 is 0. The quantitative estimate of drug-likeness (QED) is 0.866. The third-order valence-corrected chi connectivity index (χ3v) is 4.32. The van der Waals surface area contributed by atoms with Crippen molar-refractivity contribution in [3.8, 4) is 11.5 Å². The molecule has 2 aromatic rings. The maximum Gasteiger partial charge on any atom is 0.121 e. The van der Waals surface area contributed by atoms with Crippen molar-refractivity contribution in [2.24, 2.45) is 0 Å². The highest BCUT2D eigenvalue weighted by Crippen LogP contribution is 2.39. The van der Waals surface area contributed by atoms with Crippen molar-refractivity contribution < 1.29 is 10.2 Å². The van der Waals surface area contributed by atoms with Crippen molar-refractivity contribution in [2.45, 2.75) is 39.5 Å². The van der Waals surface area contributed by atoms with Crippen LogP contribution in [0.25, 0.3) is 0 Å². The summed E-state index contributed by atoms with van der Waals surface area (Å²) >= 11 is 0. The molecule has 0 aromatic heterocycles. The summed E-state index contributed by atoms with van der Waals surface area (Å²) in [5.74, 6) is 0.650. The first-order valence-electron chi connectivity index (χ1n) is 6.98. The molecule has 0 spiro atoms. The molecule has 0 aliphatic heterocycles. The zero-order valence-corrected chi connectivity index (χ0v) is 12.6. The maximum absolute atomic E-state index is 9.94. The van der Waals surface area contributed by atoms with Crippen molar-refractivity contribution in [3.05, 3.63) is 58.7 Å². The molecule has 1 unspecified atom stereocenters. The topological polar surface area (TPSA) is 40.5 Å². The Hall–Kier alpha value is -1.96. The number of benzene rings is 2. The SMILES string of the molecule is CCC(C)(c1cccc(O)c1)c1cc(C)c(O)c(C)c1. The van der Waals surface area contributed by atoms with Gasteiger partial charge in [0.2, 0.25) is 0 Å². The summed E-state index contributed by atoms with van der Waals surface area (Å²) in [5.41, 5.74) is 3.85. The average Bonchev–Trinajstić information content (AvgIpc) is 2.43. The summed E-state index contributed by atoms with van der Waals surface area (Å²) in [6, 6.07) is 11.5. The molecule has 0 saturated carbocycles. The Balaban J connectivity index is 2.62. The van der Waals surface area contributed by atoms with E-state index in [-0.39, 0.29) is 11.2 Å². The van der Waals surface area contributed by atoms with Gasteiger partial charge in [0.15, 0.2) is 0 Å². The summed E-state index contributed by atoms with van der Waals surface area (Å²) in [6.45, 7) is 8.16. The number of phenolic OH excluding ortho intramolecular Hbond substituents is 2. The Morgan fingerprint density at radius 1 is 0.950 bits per heavy atom. The van der Waals surface area contributed by atoms with Gasteiger partial charge in [-0.3, -0.25) is 0 Å². The van der Waals surface area contributed by atoms with E-state index in [1.54, 1.807) is 6.07 Å². The van der Waals surface area contributed by atoms with E-state index in [1.807, 2.05) is 44.2 Å². The van der Waals surface area contributed by atoms with Crippen LogP contribution in [0.15, 0.2) is 36.4 Å². The van der Waals surface area contributed by atoms with Crippen LogP contribution in [0.1, 0.15) is 42.5 Å². The van der Waals surface area contributed by atoms with E-state index in [9.17, 15) is 10.2 Å². The Morgan fingerprint density at radius 2 is 1.55 bits per heavy atom. The predicted molar refractivity (Wildman–Crippen MR) is 82.4 cm³/mol. The number of hydrogen-bond donors (Lipinski definition) is 2. The van der Waals surface area contributed by atoms with Gasteiger partial charge in [0.1, 0.15) is 11.5 Å². The van der Waals surface area contributed by atoms with Crippen LogP contribution in [0.3, 0.4) is 0 Å². The monoisotopic (exact) mass is 270 g/mol. The molecule has 0 heterocycles. The van der Waals surface area contributed by atoms with E-state index >= 15 is 0 Å². The first-order valence-corrected chi connectivity index (χ1v) is 6.98. The molecule has 20 heavy (non-hydrogen) atoms. The number of aryl methyl sites for hydroxylation is 2. The zero-order valence-electron chi connectivity index (χ0n) is 12.6. The Labute approximate surface area is 120 Å². The summed E-state index contributed by atoms with van der Waals surface area (Å²) in [6.07, 6.45) is 0.917. The molecule has 2 aromatic carbocycles. The highest BCUT2D eigenvalue weighted by molar-refractivity contribution is 5.49. The van der Waals surface area contributed by atoms with Gasteiger partial charge in [-0.25, -0.2) is 0 Å². The van der Waals surface area contributed by atoms with Crippen molar-refractivity contribution in [2.75, 3.05) is 0 Å². The van der Waals surface area contributed by atoms with Gasteiger partial charge < -0.3 is 10.2 Å². The Kier molecular flexibility index (Phi) is 3.76. The van der Waals surface area contributed by atoms with Gasteiger partial charge in [0.05, 0.1) is 0 Å². The first kappa shape index (κ1) is 14.4. The third-order valence-electron chi connectivity index (χ3n) is 4.32. The van der Waals surface area contributed by atoms with Crippen molar-refractivity contribution in [1.82, 2.24) is 0 Å². The lowest BCUT2D eigenvalue weighted by Crippen LogP contribution is -2.22. The van der Waals surface area contributed by atoms with Crippen LogP contribution >= 0.6 is 0 Å². The van der Waals surface area contributed by atoms with Crippen LogP contribution in [0.2, 0.25) is 0 Å². The molecule has 0 aliphatic carbocycles. The lowest BCUT2D eigenvalue weighted by Gasteiger charge is -2.30. The fourth-order valence-corrected chi connectivity index (χ4v) is 2.70. The second kappa shape index (κ2) is 5.20. The van der Waals surface area contributed by atoms with E-state index in [0.29, 0.717) is 5.75 Å². The maximum atomic E-state index is 9.94. The highest BCUT2D eigenvalue weighted by atomic mass is 16.3. The smallest absolute Gasteiger partial charge is 0.121 e. The van der Waals surface area contributed by atoms with Gasteiger partial charge in [-0.05, 0) is 54.7 Å². The molecule has 0 bridgehead atoms. The van der Waals surface area contributed by atoms with Crippen molar-refractivity contribution >= 4 is 0 Å². The second-order valence-electron chi connectivity index (χ2n) is 5.69. The summed E-state index contributed by atoms with van der Waals surface area (Å²) in [5, 5.41) is 19.7. The standard InChI is InChI=1S/C18H22O2/c1-5-18(4,14-7-6-8-16(19)11-14)15-9-12(2)17(20)13(3)10-15/h6-11,19-20H,5H2,1-4H3. The van der Waals surface area contributed by atoms with E-state index in [2.05, 4.69) is 13.8 Å². The van der Waals surface area contributed by atoms with Gasteiger partial charge in [0, 0.05) is 5.41 Å². The van der Waals surface area contributed by atoms with Gasteiger partial charge in [-0.2, -0.15) is 0 Å². The van der Waals surface area contributed by atoms with Crippen molar-refractivity contribution in [3.63, 3.8) is 0 Å². The van der Waals surface area contributed by atoms with Crippen LogP contribution in [0.4, 0.5) is 0 Å². The average molecular weight is 270 g/mol. The zero-order chi connectivity index (χ0) is 14.9. The molecular formula is C18H22O2. The van der Waals surface area contributed by atoms with Crippen LogP contribution in [-0.2, 0) is 5.41 Å². The number of phenols is 2. The predicted octanol–water partition coefficient (Wildman–Crippen LogP) is 4.43. The molecule has 0 fully saturated rings. The molecule has 106 valence electrons. The molecule has 1 atom stereocenters. The van der Waals surface area contributed by atoms with E-state index < -0.39 is 0 Å². The molecule has 2 N–H and O–H groups in total. The minimum atomic E-state index is -0.179. The third kappa shape index (κ3) is 2.38. The second-order valence-corrected chi connectivity index (χ2v) is 5.69. The largest absolute Gasteiger partial charge is 0.508 e. The van der Waals surface area contributed by atoms with Gasteiger partial charge in [0.25, 0.3) is 0 Å². The van der Waals surface area contributed by atoms with Gasteiger partial charge in [-0.15, -0.1) is 0 Å². The van der Waals surface area contributed by atoms with E-state index in [0.717, 1.165) is 23.1 Å².